The van der Waals surface area contributed by atoms with Crippen molar-refractivity contribution in [2.45, 2.75) is 32.7 Å². The maximum Gasteiger partial charge on any atom is 0.263 e. The molecule has 7 nitrogen and oxygen atoms in total. The number of thiazole rings is 1. The summed E-state index contributed by atoms with van der Waals surface area (Å²) in [5.41, 5.74) is 1.69. The number of aromatic nitrogens is 3. The molecule has 4 heterocycles. The van der Waals surface area contributed by atoms with Crippen molar-refractivity contribution in [2.75, 3.05) is 19.6 Å². The zero-order chi connectivity index (χ0) is 19.5. The monoisotopic (exact) mass is 399 g/mol. The number of amides is 1. The molecule has 0 radical (unpaired) electrons. The number of hydrogen-bond acceptors (Lipinski definition) is 5. The SMILES string of the molecule is Cc1ccn(CC2CCCNC2)c(=O)c1C(=O)NCCc1cn2ccsc2n1. The van der Waals surface area contributed by atoms with Crippen molar-refractivity contribution in [3.63, 3.8) is 0 Å². The zero-order valence-corrected chi connectivity index (χ0v) is 16.8. The van der Waals surface area contributed by atoms with E-state index in [1.807, 2.05) is 35.2 Å². The van der Waals surface area contributed by atoms with E-state index in [4.69, 9.17) is 0 Å². The van der Waals surface area contributed by atoms with Crippen molar-refractivity contribution < 1.29 is 4.79 Å². The Kier molecular flexibility index (Phi) is 5.59. The maximum absolute atomic E-state index is 12.9. The number of imidazole rings is 1. The molecule has 0 saturated carbocycles. The van der Waals surface area contributed by atoms with Crippen LogP contribution in [0.15, 0.2) is 34.8 Å². The Bertz CT molecular complexity index is 1000. The number of carbonyl (C=O) groups is 1. The van der Waals surface area contributed by atoms with Crippen molar-refractivity contribution in [1.82, 2.24) is 24.6 Å². The predicted molar refractivity (Wildman–Crippen MR) is 110 cm³/mol. The van der Waals surface area contributed by atoms with Crippen LogP contribution in [0.4, 0.5) is 0 Å². The highest BCUT2D eigenvalue weighted by Crippen LogP contribution is 2.13. The third-order valence-electron chi connectivity index (χ3n) is 5.26. The minimum absolute atomic E-state index is 0.203. The molecule has 1 aliphatic heterocycles. The van der Waals surface area contributed by atoms with E-state index in [1.54, 1.807) is 22.1 Å². The molecule has 0 aromatic carbocycles. The minimum Gasteiger partial charge on any atom is -0.351 e. The van der Waals surface area contributed by atoms with Gasteiger partial charge in [-0.3, -0.25) is 14.0 Å². The predicted octanol–water partition coefficient (Wildman–Crippen LogP) is 1.84. The lowest BCUT2D eigenvalue weighted by atomic mass is 9.99. The zero-order valence-electron chi connectivity index (χ0n) is 16.0. The van der Waals surface area contributed by atoms with Crippen molar-refractivity contribution in [2.24, 2.45) is 5.92 Å². The summed E-state index contributed by atoms with van der Waals surface area (Å²) in [6.07, 6.45) is 8.61. The first kappa shape index (κ1) is 18.9. The average molecular weight is 400 g/mol. The Labute approximate surface area is 167 Å². The van der Waals surface area contributed by atoms with Crippen LogP contribution in [0.25, 0.3) is 4.96 Å². The van der Waals surface area contributed by atoms with Crippen LogP contribution in [0.3, 0.4) is 0 Å². The average Bonchev–Trinajstić information content (AvgIpc) is 3.27. The smallest absolute Gasteiger partial charge is 0.263 e. The number of nitrogens with one attached hydrogen (secondary N) is 2. The number of pyridine rings is 1. The summed E-state index contributed by atoms with van der Waals surface area (Å²) in [5, 5.41) is 8.25. The minimum atomic E-state index is -0.306. The first-order chi connectivity index (χ1) is 13.6. The van der Waals surface area contributed by atoms with Gasteiger partial charge in [-0.25, -0.2) is 4.98 Å². The Morgan fingerprint density at radius 1 is 1.43 bits per heavy atom. The van der Waals surface area contributed by atoms with Gasteiger partial charge in [0.15, 0.2) is 4.96 Å². The van der Waals surface area contributed by atoms with Gasteiger partial charge in [-0.15, -0.1) is 11.3 Å². The van der Waals surface area contributed by atoms with Gasteiger partial charge >= 0.3 is 0 Å². The molecule has 1 unspecified atom stereocenters. The van der Waals surface area contributed by atoms with Gasteiger partial charge in [0.1, 0.15) is 5.56 Å². The molecule has 148 valence electrons. The standard InChI is InChI=1S/C20H25N5O2S/c1-14-5-8-24(12-15-3-2-6-21-11-15)19(27)17(14)18(26)22-7-4-16-13-25-9-10-28-20(25)23-16/h5,8-10,13,15,21H,2-4,6-7,11-12H2,1H3,(H,22,26). The third-order valence-corrected chi connectivity index (χ3v) is 6.04. The molecular formula is C20H25N5O2S. The second-order valence-corrected chi connectivity index (χ2v) is 8.25. The number of nitrogens with zero attached hydrogens (tertiary/aromatic N) is 3. The van der Waals surface area contributed by atoms with Gasteiger partial charge in [-0.1, -0.05) is 0 Å². The lowest BCUT2D eigenvalue weighted by Gasteiger charge is -2.23. The molecule has 1 aliphatic rings. The van der Waals surface area contributed by atoms with Crippen molar-refractivity contribution in [3.05, 3.63) is 57.2 Å². The summed E-state index contributed by atoms with van der Waals surface area (Å²) in [6.45, 7) is 4.87. The van der Waals surface area contributed by atoms with Crippen LogP contribution in [0.2, 0.25) is 0 Å². The number of aryl methyl sites for hydroxylation is 1. The van der Waals surface area contributed by atoms with Crippen molar-refractivity contribution in [3.8, 4) is 0 Å². The molecule has 1 fully saturated rings. The van der Waals surface area contributed by atoms with Gasteiger partial charge in [0.25, 0.3) is 11.5 Å². The molecule has 1 saturated heterocycles. The number of rotatable bonds is 6. The molecule has 2 N–H and O–H groups in total. The Morgan fingerprint density at radius 3 is 3.11 bits per heavy atom. The van der Waals surface area contributed by atoms with Crippen LogP contribution in [-0.4, -0.2) is 39.5 Å². The second-order valence-electron chi connectivity index (χ2n) is 7.37. The third kappa shape index (κ3) is 4.02. The summed E-state index contributed by atoms with van der Waals surface area (Å²) in [7, 11) is 0. The molecule has 1 amide bonds. The topological polar surface area (TPSA) is 80.4 Å². The highest BCUT2D eigenvalue weighted by atomic mass is 32.1. The molecule has 8 heteroatoms. The van der Waals surface area contributed by atoms with E-state index in [-0.39, 0.29) is 17.0 Å². The lowest BCUT2D eigenvalue weighted by molar-refractivity contribution is 0.0951. The summed E-state index contributed by atoms with van der Waals surface area (Å²) < 4.78 is 3.66. The second kappa shape index (κ2) is 8.28. The largest absolute Gasteiger partial charge is 0.351 e. The summed E-state index contributed by atoms with van der Waals surface area (Å²) >= 11 is 1.58. The van der Waals surface area contributed by atoms with Crippen LogP contribution in [0, 0.1) is 12.8 Å². The molecule has 3 aromatic heterocycles. The quantitative estimate of drug-likeness (QED) is 0.663. The van der Waals surface area contributed by atoms with Gasteiger partial charge in [-0.2, -0.15) is 0 Å². The van der Waals surface area contributed by atoms with Gasteiger partial charge in [-0.05, 0) is 50.4 Å². The molecule has 0 bridgehead atoms. The summed E-state index contributed by atoms with van der Waals surface area (Å²) in [5.74, 6) is 0.125. The van der Waals surface area contributed by atoms with Crippen LogP contribution in [0.1, 0.15) is 34.5 Å². The molecule has 3 aromatic rings. The Morgan fingerprint density at radius 2 is 2.32 bits per heavy atom. The van der Waals surface area contributed by atoms with Gasteiger partial charge < -0.3 is 15.2 Å². The number of carbonyl (C=O) groups excluding carboxylic acids is 1. The van der Waals surface area contributed by atoms with E-state index >= 15 is 0 Å². The van der Waals surface area contributed by atoms with E-state index in [9.17, 15) is 9.59 Å². The number of piperidine rings is 1. The van der Waals surface area contributed by atoms with E-state index < -0.39 is 0 Å². The molecule has 0 spiro atoms. The van der Waals surface area contributed by atoms with E-state index in [2.05, 4.69) is 15.6 Å². The Balaban J connectivity index is 1.41. The fraction of sp³-hybridized carbons (Fsp3) is 0.450. The first-order valence-electron chi connectivity index (χ1n) is 9.72. The number of hydrogen-bond donors (Lipinski definition) is 2. The van der Waals surface area contributed by atoms with E-state index in [1.165, 1.54) is 0 Å². The molecule has 0 aliphatic carbocycles. The maximum atomic E-state index is 12.9. The van der Waals surface area contributed by atoms with Crippen LogP contribution < -0.4 is 16.2 Å². The van der Waals surface area contributed by atoms with Crippen molar-refractivity contribution in [1.29, 1.82) is 0 Å². The van der Waals surface area contributed by atoms with Gasteiger partial charge in [0, 0.05) is 43.5 Å². The summed E-state index contributed by atoms with van der Waals surface area (Å²) in [6, 6.07) is 1.86. The lowest BCUT2D eigenvalue weighted by Crippen LogP contribution is -2.38. The van der Waals surface area contributed by atoms with Crippen molar-refractivity contribution >= 4 is 22.2 Å². The highest BCUT2D eigenvalue weighted by Gasteiger charge is 2.19. The molecule has 28 heavy (non-hydrogen) atoms. The molecular weight excluding hydrogens is 374 g/mol. The fourth-order valence-electron chi connectivity index (χ4n) is 3.73. The normalized spacial score (nSPS) is 17.1. The fourth-order valence-corrected chi connectivity index (χ4v) is 4.45. The highest BCUT2D eigenvalue weighted by molar-refractivity contribution is 7.15. The first-order valence-corrected chi connectivity index (χ1v) is 10.6. The Hall–Kier alpha value is -2.45. The molecule has 1 atom stereocenters. The van der Waals surface area contributed by atoms with Crippen LogP contribution in [0.5, 0.6) is 0 Å². The van der Waals surface area contributed by atoms with E-state index in [0.717, 1.165) is 36.6 Å². The summed E-state index contributed by atoms with van der Waals surface area (Å²) in [4.78, 5) is 31.0. The number of fused-ring (bicyclic) bond motifs is 1. The molecule has 4 rings (SSSR count). The van der Waals surface area contributed by atoms with E-state index in [0.29, 0.717) is 31.0 Å². The van der Waals surface area contributed by atoms with Crippen LogP contribution >= 0.6 is 11.3 Å². The van der Waals surface area contributed by atoms with Gasteiger partial charge in [0.05, 0.1) is 5.69 Å². The van der Waals surface area contributed by atoms with Crippen LogP contribution in [-0.2, 0) is 13.0 Å². The van der Waals surface area contributed by atoms with Gasteiger partial charge in [0.2, 0.25) is 0 Å².